The predicted octanol–water partition coefficient (Wildman–Crippen LogP) is 3.28. The zero-order valence-corrected chi connectivity index (χ0v) is 19.2. The molecule has 4 heterocycles. The first kappa shape index (κ1) is 22.3. The minimum atomic E-state index is -1.00. The molecule has 0 radical (unpaired) electrons. The molecule has 176 valence electrons. The first-order valence-corrected chi connectivity index (χ1v) is 11.4. The lowest BCUT2D eigenvalue weighted by molar-refractivity contribution is 0.0525. The Hall–Kier alpha value is -3.46. The highest BCUT2D eigenvalue weighted by Crippen LogP contribution is 2.43. The van der Waals surface area contributed by atoms with Crippen molar-refractivity contribution in [3.05, 3.63) is 59.4 Å². The number of hydrogen-bond acceptors (Lipinski definition) is 7. The van der Waals surface area contributed by atoms with Gasteiger partial charge in [-0.05, 0) is 62.4 Å². The molecule has 1 unspecified atom stereocenters. The number of hydrogen-bond donors (Lipinski definition) is 2. The SMILES string of the molecule is C=C(c1ccc(-c2ccc(-c3ncn(C)c(=O)n3)cc2O)nn1)[C@@H]1C[C@@]2(C)CCCC(N2)[C@@H]1F. The fraction of sp³-hybridized carbons (Fsp3) is 0.400. The lowest BCUT2D eigenvalue weighted by Gasteiger charge is -2.49. The third-order valence-electron chi connectivity index (χ3n) is 7.05. The van der Waals surface area contributed by atoms with Gasteiger partial charge in [-0.15, -0.1) is 5.10 Å². The van der Waals surface area contributed by atoms with Gasteiger partial charge in [-0.25, -0.2) is 14.2 Å². The molecule has 0 saturated carbocycles. The summed E-state index contributed by atoms with van der Waals surface area (Å²) in [7, 11) is 1.56. The Morgan fingerprint density at radius 2 is 2.12 bits per heavy atom. The summed E-state index contributed by atoms with van der Waals surface area (Å²) in [6.07, 6.45) is 3.96. The molecular weight excluding hydrogens is 435 g/mol. The first-order valence-electron chi connectivity index (χ1n) is 11.4. The van der Waals surface area contributed by atoms with E-state index < -0.39 is 11.9 Å². The summed E-state index contributed by atoms with van der Waals surface area (Å²) in [4.78, 5) is 19.8. The molecule has 2 aliphatic heterocycles. The van der Waals surface area contributed by atoms with E-state index in [-0.39, 0.29) is 29.1 Å². The Morgan fingerprint density at radius 3 is 2.82 bits per heavy atom. The monoisotopic (exact) mass is 462 g/mol. The van der Waals surface area contributed by atoms with Gasteiger partial charge in [0.2, 0.25) is 0 Å². The lowest BCUT2D eigenvalue weighted by Crippen LogP contribution is -2.62. The zero-order valence-electron chi connectivity index (χ0n) is 19.2. The second-order valence-corrected chi connectivity index (χ2v) is 9.59. The standard InChI is InChI=1S/C25H27FN6O2/c1-14(17-12-25(2)10-4-5-20(29-25)22(17)26)18-8-9-19(31-30-18)16-7-6-15(11-21(16)33)23-27-13-32(3)24(34)28-23/h6-9,11,13,17,20,22,29,33H,1,4-5,10,12H2,2-3H3/t17-,20?,22+,25+/m0/s1. The van der Waals surface area contributed by atoms with Crippen LogP contribution in [-0.4, -0.2) is 47.6 Å². The summed E-state index contributed by atoms with van der Waals surface area (Å²) in [5, 5.41) is 22.6. The van der Waals surface area contributed by atoms with E-state index >= 15 is 4.39 Å². The molecule has 8 nitrogen and oxygen atoms in total. The summed E-state index contributed by atoms with van der Waals surface area (Å²) >= 11 is 0. The van der Waals surface area contributed by atoms with Crippen LogP contribution < -0.4 is 11.0 Å². The lowest BCUT2D eigenvalue weighted by atomic mass is 9.69. The van der Waals surface area contributed by atoms with Gasteiger partial charge in [0.25, 0.3) is 0 Å². The Labute approximate surface area is 196 Å². The van der Waals surface area contributed by atoms with Crippen molar-refractivity contribution in [2.45, 2.75) is 50.4 Å². The van der Waals surface area contributed by atoms with Crippen LogP contribution in [0.5, 0.6) is 5.75 Å². The Balaban J connectivity index is 1.37. The van der Waals surface area contributed by atoms with Crippen molar-refractivity contribution in [3.8, 4) is 28.4 Å². The summed E-state index contributed by atoms with van der Waals surface area (Å²) in [5.41, 5.74) is 2.17. The average Bonchev–Trinajstić information content (AvgIpc) is 2.83. The molecule has 0 amide bonds. The van der Waals surface area contributed by atoms with Crippen LogP contribution in [0.2, 0.25) is 0 Å². The normalized spacial score (nSPS) is 26.3. The number of phenolic OH excluding ortho intramolecular Hbond substituents is 1. The van der Waals surface area contributed by atoms with Crippen molar-refractivity contribution >= 4 is 5.57 Å². The quantitative estimate of drug-likeness (QED) is 0.613. The number of alkyl halides is 1. The van der Waals surface area contributed by atoms with Gasteiger partial charge in [0.15, 0.2) is 5.82 Å². The molecule has 4 atom stereocenters. The second-order valence-electron chi connectivity index (χ2n) is 9.59. The van der Waals surface area contributed by atoms with Crippen molar-refractivity contribution in [1.29, 1.82) is 0 Å². The molecule has 5 rings (SSSR count). The number of aromatic hydroxyl groups is 1. The summed E-state index contributed by atoms with van der Waals surface area (Å²) in [6, 6.07) is 8.24. The van der Waals surface area contributed by atoms with Crippen LogP contribution in [0.15, 0.2) is 48.0 Å². The van der Waals surface area contributed by atoms with Gasteiger partial charge in [-0.3, -0.25) is 4.57 Å². The van der Waals surface area contributed by atoms with Gasteiger partial charge in [0.05, 0.1) is 11.4 Å². The van der Waals surface area contributed by atoms with Gasteiger partial charge in [0.1, 0.15) is 18.2 Å². The number of fused-ring (bicyclic) bond motifs is 2. The van der Waals surface area contributed by atoms with Crippen molar-refractivity contribution < 1.29 is 9.50 Å². The summed E-state index contributed by atoms with van der Waals surface area (Å²) in [6.45, 7) is 6.33. The number of phenols is 1. The van der Waals surface area contributed by atoms with E-state index in [4.69, 9.17) is 0 Å². The van der Waals surface area contributed by atoms with Gasteiger partial charge < -0.3 is 10.4 Å². The molecule has 2 fully saturated rings. The number of nitrogens with one attached hydrogen (secondary N) is 1. The molecule has 1 aromatic carbocycles. The molecule has 2 saturated heterocycles. The van der Waals surface area contributed by atoms with Crippen LogP contribution >= 0.6 is 0 Å². The molecule has 0 aliphatic carbocycles. The highest BCUT2D eigenvalue weighted by atomic mass is 19.1. The number of benzene rings is 1. The number of aryl methyl sites for hydroxylation is 1. The van der Waals surface area contributed by atoms with Crippen molar-refractivity contribution in [1.82, 2.24) is 30.0 Å². The first-order chi connectivity index (χ1) is 16.2. The van der Waals surface area contributed by atoms with E-state index in [1.807, 2.05) is 0 Å². The van der Waals surface area contributed by atoms with E-state index in [2.05, 4.69) is 39.0 Å². The maximum atomic E-state index is 15.2. The minimum Gasteiger partial charge on any atom is -0.507 e. The van der Waals surface area contributed by atoms with Crippen LogP contribution in [0.4, 0.5) is 4.39 Å². The van der Waals surface area contributed by atoms with Crippen LogP contribution in [0.3, 0.4) is 0 Å². The van der Waals surface area contributed by atoms with E-state index in [0.29, 0.717) is 34.5 Å². The van der Waals surface area contributed by atoms with E-state index in [1.165, 1.54) is 17.0 Å². The summed E-state index contributed by atoms with van der Waals surface area (Å²) in [5.74, 6) is -0.113. The molecule has 3 aromatic rings. The number of aromatic nitrogens is 5. The predicted molar refractivity (Wildman–Crippen MR) is 127 cm³/mol. The number of nitrogens with zero attached hydrogens (tertiary/aromatic N) is 5. The number of piperidine rings is 2. The largest absolute Gasteiger partial charge is 0.507 e. The van der Waals surface area contributed by atoms with Crippen molar-refractivity contribution in [2.24, 2.45) is 13.0 Å². The van der Waals surface area contributed by atoms with Crippen molar-refractivity contribution in [2.75, 3.05) is 0 Å². The molecule has 2 aliphatic rings. The minimum absolute atomic E-state index is 0.0365. The molecule has 0 spiro atoms. The highest BCUT2D eigenvalue weighted by Gasteiger charge is 2.46. The Kier molecular flexibility index (Phi) is 5.51. The van der Waals surface area contributed by atoms with Crippen LogP contribution in [0.25, 0.3) is 28.2 Å². The molecule has 2 aromatic heterocycles. The van der Waals surface area contributed by atoms with Crippen LogP contribution in [-0.2, 0) is 7.05 Å². The van der Waals surface area contributed by atoms with Gasteiger partial charge in [0, 0.05) is 35.7 Å². The van der Waals surface area contributed by atoms with Gasteiger partial charge >= 0.3 is 5.69 Å². The average molecular weight is 463 g/mol. The Bertz CT molecular complexity index is 1310. The topological polar surface area (TPSA) is 106 Å². The van der Waals surface area contributed by atoms with E-state index in [9.17, 15) is 9.90 Å². The van der Waals surface area contributed by atoms with Crippen molar-refractivity contribution in [3.63, 3.8) is 0 Å². The zero-order chi connectivity index (χ0) is 24.0. The smallest absolute Gasteiger partial charge is 0.350 e. The molecule has 9 heteroatoms. The third-order valence-corrected chi connectivity index (χ3v) is 7.05. The number of rotatable bonds is 4. The fourth-order valence-electron chi connectivity index (χ4n) is 5.15. The van der Waals surface area contributed by atoms with Gasteiger partial charge in [-0.2, -0.15) is 10.1 Å². The number of halogens is 1. The fourth-order valence-corrected chi connectivity index (χ4v) is 5.15. The molecule has 34 heavy (non-hydrogen) atoms. The van der Waals surface area contributed by atoms with E-state index in [1.54, 1.807) is 31.3 Å². The Morgan fingerprint density at radius 1 is 1.29 bits per heavy atom. The maximum Gasteiger partial charge on any atom is 0.350 e. The molecule has 2 N–H and O–H groups in total. The van der Waals surface area contributed by atoms with Gasteiger partial charge in [-0.1, -0.05) is 12.6 Å². The summed E-state index contributed by atoms with van der Waals surface area (Å²) < 4.78 is 16.5. The van der Waals surface area contributed by atoms with E-state index in [0.717, 1.165) is 19.3 Å². The molecular formula is C25H27FN6O2. The second kappa shape index (κ2) is 8.39. The van der Waals surface area contributed by atoms with Crippen LogP contribution in [0, 0.1) is 5.92 Å². The number of allylic oxidation sites excluding steroid dienone is 1. The maximum absolute atomic E-state index is 15.2. The highest BCUT2D eigenvalue weighted by molar-refractivity contribution is 5.72. The third kappa shape index (κ3) is 4.00. The van der Waals surface area contributed by atoms with Crippen LogP contribution in [0.1, 0.15) is 38.3 Å². The molecule has 2 bridgehead atoms.